The van der Waals surface area contributed by atoms with Crippen LogP contribution in [0, 0.1) is 0 Å². The topological polar surface area (TPSA) is 78.1 Å². The Balaban J connectivity index is 2.69. The van der Waals surface area contributed by atoms with Crippen molar-refractivity contribution in [1.82, 2.24) is 5.43 Å². The van der Waals surface area contributed by atoms with Gasteiger partial charge < -0.3 is 19.9 Å². The van der Waals surface area contributed by atoms with Crippen LogP contribution in [0.15, 0.2) is 23.3 Å². The van der Waals surface area contributed by atoms with Gasteiger partial charge in [0.1, 0.15) is 6.61 Å². The van der Waals surface area contributed by atoms with E-state index < -0.39 is 0 Å². The first-order valence-corrected chi connectivity index (χ1v) is 6.55. The summed E-state index contributed by atoms with van der Waals surface area (Å²) in [4.78, 5) is 0. The van der Waals surface area contributed by atoms with Gasteiger partial charge in [0.25, 0.3) is 0 Å². The molecular weight excluding hydrogens is 278 g/mol. The lowest BCUT2D eigenvalue weighted by molar-refractivity contribution is 0.109. The molecule has 0 spiro atoms. The van der Waals surface area contributed by atoms with Crippen molar-refractivity contribution in [2.75, 3.05) is 26.9 Å². The van der Waals surface area contributed by atoms with Gasteiger partial charge >= 0.3 is 0 Å². The van der Waals surface area contributed by atoms with Gasteiger partial charge in [-0.1, -0.05) is 0 Å². The van der Waals surface area contributed by atoms with Crippen molar-refractivity contribution >= 4 is 23.5 Å². The van der Waals surface area contributed by atoms with Crippen molar-refractivity contribution in [3.63, 3.8) is 0 Å². The van der Waals surface area contributed by atoms with Gasteiger partial charge in [0.2, 0.25) is 0 Å². The number of ether oxygens (including phenoxy) is 3. The Kier molecular flexibility index (Phi) is 7.38. The molecule has 6 nitrogen and oxygen atoms in total. The fraction of sp³-hybridized carbons (Fsp3) is 0.385. The maximum absolute atomic E-state index is 5.62. The molecule has 0 aliphatic heterocycles. The number of nitrogens with zero attached hydrogens (tertiary/aromatic N) is 1. The lowest BCUT2D eigenvalue weighted by Crippen LogP contribution is -2.23. The van der Waals surface area contributed by atoms with Gasteiger partial charge in [-0.05, 0) is 42.9 Å². The molecule has 1 aromatic carbocycles. The molecule has 1 rings (SSSR count). The second-order valence-electron chi connectivity index (χ2n) is 3.69. The summed E-state index contributed by atoms with van der Waals surface area (Å²) in [6.07, 6.45) is 1.59. The van der Waals surface area contributed by atoms with Crippen LogP contribution in [0.25, 0.3) is 0 Å². The van der Waals surface area contributed by atoms with Crippen LogP contribution in [0.4, 0.5) is 0 Å². The van der Waals surface area contributed by atoms with E-state index in [0.717, 1.165) is 5.56 Å². The molecule has 0 unspecified atom stereocenters. The standard InChI is InChI=1S/C13H19N3O3S/c1-3-18-6-7-19-12-8-10(4-5-11(12)17-2)9-15-16-13(14)20/h4-5,8-9H,3,6-7H2,1-2H3,(H3,14,16,20). The second kappa shape index (κ2) is 9.11. The first kappa shape index (κ1) is 16.2. The highest BCUT2D eigenvalue weighted by Gasteiger charge is 2.05. The molecule has 0 aliphatic rings. The average Bonchev–Trinajstić information content (AvgIpc) is 2.43. The van der Waals surface area contributed by atoms with E-state index in [1.165, 1.54) is 0 Å². The lowest BCUT2D eigenvalue weighted by atomic mass is 10.2. The van der Waals surface area contributed by atoms with E-state index in [1.807, 2.05) is 19.1 Å². The summed E-state index contributed by atoms with van der Waals surface area (Å²) < 4.78 is 16.1. The number of methoxy groups -OCH3 is 1. The Bertz CT molecular complexity index is 466. The van der Waals surface area contributed by atoms with E-state index in [9.17, 15) is 0 Å². The smallest absolute Gasteiger partial charge is 0.184 e. The quantitative estimate of drug-likeness (QED) is 0.326. The number of benzene rings is 1. The average molecular weight is 297 g/mol. The van der Waals surface area contributed by atoms with Crippen LogP contribution in [-0.4, -0.2) is 38.3 Å². The largest absolute Gasteiger partial charge is 0.493 e. The molecule has 0 aliphatic carbocycles. The number of rotatable bonds is 8. The van der Waals surface area contributed by atoms with E-state index in [2.05, 4.69) is 22.7 Å². The summed E-state index contributed by atoms with van der Waals surface area (Å²) in [5, 5.41) is 4.00. The molecule has 0 heterocycles. The lowest BCUT2D eigenvalue weighted by Gasteiger charge is -2.11. The van der Waals surface area contributed by atoms with Gasteiger partial charge in [-0.25, -0.2) is 0 Å². The molecule has 0 bridgehead atoms. The van der Waals surface area contributed by atoms with Gasteiger partial charge in [0.05, 0.1) is 19.9 Å². The molecule has 0 radical (unpaired) electrons. The molecule has 20 heavy (non-hydrogen) atoms. The van der Waals surface area contributed by atoms with Crippen molar-refractivity contribution in [2.24, 2.45) is 10.8 Å². The monoisotopic (exact) mass is 297 g/mol. The minimum atomic E-state index is 0.114. The summed E-state index contributed by atoms with van der Waals surface area (Å²) in [5.74, 6) is 1.28. The molecule has 3 N–H and O–H groups in total. The molecule has 7 heteroatoms. The summed E-state index contributed by atoms with van der Waals surface area (Å²) >= 11 is 4.65. The Morgan fingerprint density at radius 3 is 2.85 bits per heavy atom. The first-order valence-electron chi connectivity index (χ1n) is 6.14. The highest BCUT2D eigenvalue weighted by Crippen LogP contribution is 2.27. The van der Waals surface area contributed by atoms with E-state index in [1.54, 1.807) is 19.4 Å². The summed E-state index contributed by atoms with van der Waals surface area (Å²) in [7, 11) is 1.59. The Labute approximate surface area is 123 Å². The highest BCUT2D eigenvalue weighted by molar-refractivity contribution is 7.80. The van der Waals surface area contributed by atoms with E-state index >= 15 is 0 Å². The highest BCUT2D eigenvalue weighted by atomic mass is 32.1. The zero-order chi connectivity index (χ0) is 14.8. The summed E-state index contributed by atoms with van der Waals surface area (Å²) in [6, 6.07) is 5.46. The molecule has 0 atom stereocenters. The number of nitrogens with two attached hydrogens (primary N) is 1. The van der Waals surface area contributed by atoms with Gasteiger partial charge in [-0.2, -0.15) is 5.10 Å². The maximum atomic E-state index is 5.62. The van der Waals surface area contributed by atoms with Gasteiger partial charge in [0.15, 0.2) is 16.6 Å². The van der Waals surface area contributed by atoms with Crippen molar-refractivity contribution < 1.29 is 14.2 Å². The second-order valence-corrected chi connectivity index (χ2v) is 4.13. The van der Waals surface area contributed by atoms with E-state index in [0.29, 0.717) is 31.3 Å². The predicted molar refractivity (Wildman–Crippen MR) is 82.5 cm³/mol. The molecule has 0 saturated heterocycles. The van der Waals surface area contributed by atoms with Crippen molar-refractivity contribution in [3.05, 3.63) is 23.8 Å². The molecule has 0 saturated carbocycles. The zero-order valence-electron chi connectivity index (χ0n) is 11.6. The van der Waals surface area contributed by atoms with Crippen molar-refractivity contribution in [1.29, 1.82) is 0 Å². The van der Waals surface area contributed by atoms with Crippen LogP contribution in [-0.2, 0) is 4.74 Å². The molecule has 1 aromatic rings. The van der Waals surface area contributed by atoms with Crippen LogP contribution < -0.4 is 20.6 Å². The first-order chi connectivity index (χ1) is 9.67. The fourth-order valence-electron chi connectivity index (χ4n) is 1.41. The molecular formula is C13H19N3O3S. The van der Waals surface area contributed by atoms with E-state index in [4.69, 9.17) is 19.9 Å². The van der Waals surface area contributed by atoms with Gasteiger partial charge in [0, 0.05) is 6.61 Å². The van der Waals surface area contributed by atoms with Crippen LogP contribution in [0.5, 0.6) is 11.5 Å². The third kappa shape index (κ3) is 5.85. The van der Waals surface area contributed by atoms with Crippen LogP contribution in [0.3, 0.4) is 0 Å². The number of thiocarbonyl (C=S) groups is 1. The normalized spacial score (nSPS) is 10.5. The minimum absolute atomic E-state index is 0.114. The van der Waals surface area contributed by atoms with Crippen LogP contribution in [0.1, 0.15) is 12.5 Å². The molecule has 110 valence electrons. The van der Waals surface area contributed by atoms with Crippen molar-refractivity contribution in [3.8, 4) is 11.5 Å². The number of nitrogens with one attached hydrogen (secondary N) is 1. The zero-order valence-corrected chi connectivity index (χ0v) is 12.4. The Morgan fingerprint density at radius 2 is 2.20 bits per heavy atom. The molecule has 0 fully saturated rings. The van der Waals surface area contributed by atoms with Gasteiger partial charge in [-0.15, -0.1) is 0 Å². The maximum Gasteiger partial charge on any atom is 0.184 e. The summed E-state index contributed by atoms with van der Waals surface area (Å²) in [6.45, 7) is 3.58. The van der Waals surface area contributed by atoms with Crippen molar-refractivity contribution in [2.45, 2.75) is 6.92 Å². The number of hydrogen-bond acceptors (Lipinski definition) is 5. The van der Waals surface area contributed by atoms with Crippen LogP contribution >= 0.6 is 12.2 Å². The Hall–Kier alpha value is -1.86. The Morgan fingerprint density at radius 1 is 1.40 bits per heavy atom. The fourth-order valence-corrected chi connectivity index (χ4v) is 1.46. The van der Waals surface area contributed by atoms with Crippen LogP contribution in [0.2, 0.25) is 0 Å². The third-order valence-corrected chi connectivity index (χ3v) is 2.36. The number of hydrogen-bond donors (Lipinski definition) is 2. The SMILES string of the molecule is CCOCCOc1cc(C=NNC(N)=S)ccc1OC. The van der Waals surface area contributed by atoms with Gasteiger partial charge in [-0.3, -0.25) is 5.43 Å². The summed E-state index contributed by atoms with van der Waals surface area (Å²) in [5.41, 5.74) is 8.60. The van der Waals surface area contributed by atoms with E-state index in [-0.39, 0.29) is 5.11 Å². The third-order valence-electron chi connectivity index (χ3n) is 2.27. The number of hydrazone groups is 1. The predicted octanol–water partition coefficient (Wildman–Crippen LogP) is 1.28. The molecule has 0 aromatic heterocycles. The molecule has 0 amide bonds. The minimum Gasteiger partial charge on any atom is -0.493 e.